The zero-order chi connectivity index (χ0) is 6.78. The zero-order valence-electron chi connectivity index (χ0n) is 4.25. The van der Waals surface area contributed by atoms with Gasteiger partial charge < -0.3 is 0 Å². The van der Waals surface area contributed by atoms with Crippen LogP contribution < -0.4 is 0 Å². The van der Waals surface area contributed by atoms with E-state index in [0.717, 1.165) is 0 Å². The Morgan fingerprint density at radius 1 is 1.62 bits per heavy atom. The lowest BCUT2D eigenvalue weighted by Crippen LogP contribution is -2.19. The first-order valence-corrected chi connectivity index (χ1v) is 3.22. The third kappa shape index (κ3) is 2.21. The molecule has 0 aromatic carbocycles. The SMILES string of the molecule is CCC(Cl)(Cl)C(=O)Cl. The maximum atomic E-state index is 10.2. The number of halogens is 3. The van der Waals surface area contributed by atoms with Gasteiger partial charge in [0.15, 0.2) is 4.33 Å². The predicted molar refractivity (Wildman–Crippen MR) is 35.6 cm³/mol. The average Bonchev–Trinajstić information content (AvgIpc) is 1.67. The van der Waals surface area contributed by atoms with Crippen molar-refractivity contribution >= 4 is 40.0 Å². The van der Waals surface area contributed by atoms with Crippen molar-refractivity contribution in [2.45, 2.75) is 17.7 Å². The minimum atomic E-state index is -1.39. The minimum absolute atomic E-state index is 0.332. The number of rotatable bonds is 2. The van der Waals surface area contributed by atoms with Gasteiger partial charge in [0.25, 0.3) is 5.24 Å². The van der Waals surface area contributed by atoms with E-state index in [1.807, 2.05) is 0 Å². The summed E-state index contributed by atoms with van der Waals surface area (Å²) in [6.07, 6.45) is 0.332. The molecule has 0 saturated carbocycles. The third-order valence-electron chi connectivity index (χ3n) is 0.732. The van der Waals surface area contributed by atoms with Crippen molar-refractivity contribution in [3.8, 4) is 0 Å². The number of alkyl halides is 2. The van der Waals surface area contributed by atoms with Crippen molar-refractivity contribution in [2.75, 3.05) is 0 Å². The quantitative estimate of drug-likeness (QED) is 0.465. The van der Waals surface area contributed by atoms with Crippen LogP contribution in [0.2, 0.25) is 0 Å². The molecule has 0 aliphatic heterocycles. The fourth-order valence-corrected chi connectivity index (χ4v) is 0.273. The third-order valence-corrected chi connectivity index (χ3v) is 2.13. The van der Waals surface area contributed by atoms with E-state index in [0.29, 0.717) is 6.42 Å². The predicted octanol–water partition coefficient (Wildman–Crippen LogP) is 2.34. The molecule has 0 saturated heterocycles. The van der Waals surface area contributed by atoms with E-state index in [9.17, 15) is 4.79 Å². The van der Waals surface area contributed by atoms with Gasteiger partial charge in [-0.25, -0.2) is 0 Å². The summed E-state index contributed by atoms with van der Waals surface area (Å²) < 4.78 is -1.39. The van der Waals surface area contributed by atoms with Crippen molar-refractivity contribution < 1.29 is 4.79 Å². The average molecular weight is 175 g/mol. The standard InChI is InChI=1S/C4H5Cl3O/c1-2-4(6,7)3(5)8/h2H2,1H3. The monoisotopic (exact) mass is 174 g/mol. The lowest BCUT2D eigenvalue weighted by Gasteiger charge is -2.08. The van der Waals surface area contributed by atoms with Crippen LogP contribution in [0.4, 0.5) is 0 Å². The summed E-state index contributed by atoms with van der Waals surface area (Å²) in [6.45, 7) is 1.68. The second kappa shape index (κ2) is 2.90. The number of carbonyl (C=O) groups excluding carboxylic acids is 1. The maximum absolute atomic E-state index is 10.2. The second-order valence-corrected chi connectivity index (χ2v) is 3.16. The van der Waals surface area contributed by atoms with Crippen molar-refractivity contribution in [1.29, 1.82) is 0 Å². The number of hydrogen-bond donors (Lipinski definition) is 0. The summed E-state index contributed by atoms with van der Waals surface area (Å²) in [5, 5.41) is -0.719. The molecule has 8 heavy (non-hydrogen) atoms. The molecule has 48 valence electrons. The Hall–Kier alpha value is 0.540. The van der Waals surface area contributed by atoms with Crippen LogP contribution in [0.25, 0.3) is 0 Å². The van der Waals surface area contributed by atoms with E-state index in [4.69, 9.17) is 34.8 Å². The van der Waals surface area contributed by atoms with E-state index >= 15 is 0 Å². The molecule has 0 aromatic heterocycles. The summed E-state index contributed by atoms with van der Waals surface area (Å²) in [5.74, 6) is 0. The van der Waals surface area contributed by atoms with E-state index < -0.39 is 9.58 Å². The van der Waals surface area contributed by atoms with Crippen LogP contribution in [0, 0.1) is 0 Å². The Balaban J connectivity index is 3.91. The first-order chi connectivity index (χ1) is 3.50. The van der Waals surface area contributed by atoms with Gasteiger partial charge in [0, 0.05) is 0 Å². The molecule has 0 amide bonds. The van der Waals surface area contributed by atoms with Crippen LogP contribution in [0.3, 0.4) is 0 Å². The smallest absolute Gasteiger partial charge is 0.257 e. The molecule has 0 bridgehead atoms. The Morgan fingerprint density at radius 2 is 2.00 bits per heavy atom. The van der Waals surface area contributed by atoms with Crippen molar-refractivity contribution in [1.82, 2.24) is 0 Å². The fraction of sp³-hybridized carbons (Fsp3) is 0.750. The molecule has 0 rings (SSSR count). The molecule has 1 nitrogen and oxygen atoms in total. The van der Waals surface area contributed by atoms with Crippen LogP contribution in [0.15, 0.2) is 0 Å². The topological polar surface area (TPSA) is 17.1 Å². The number of carbonyl (C=O) groups is 1. The van der Waals surface area contributed by atoms with E-state index in [1.165, 1.54) is 0 Å². The van der Waals surface area contributed by atoms with Gasteiger partial charge in [-0.05, 0) is 18.0 Å². The molecule has 4 heteroatoms. The van der Waals surface area contributed by atoms with Gasteiger partial charge in [-0.3, -0.25) is 4.79 Å². The molecule has 0 fully saturated rings. The molecular formula is C4H5Cl3O. The first-order valence-electron chi connectivity index (χ1n) is 2.08. The van der Waals surface area contributed by atoms with Gasteiger partial charge in [-0.15, -0.1) is 0 Å². The Labute approximate surface area is 62.9 Å². The highest BCUT2D eigenvalue weighted by molar-refractivity contribution is 6.78. The van der Waals surface area contributed by atoms with Gasteiger partial charge in [-0.2, -0.15) is 0 Å². The molecule has 0 aromatic rings. The Morgan fingerprint density at radius 3 is 2.00 bits per heavy atom. The van der Waals surface area contributed by atoms with Crippen LogP contribution in [0.1, 0.15) is 13.3 Å². The highest BCUT2D eigenvalue weighted by atomic mass is 35.5. The van der Waals surface area contributed by atoms with Gasteiger partial charge >= 0.3 is 0 Å². The van der Waals surface area contributed by atoms with Crippen molar-refractivity contribution in [2.24, 2.45) is 0 Å². The fourth-order valence-electron chi connectivity index (χ4n) is 0.139. The van der Waals surface area contributed by atoms with Gasteiger partial charge in [0.2, 0.25) is 0 Å². The van der Waals surface area contributed by atoms with Crippen LogP contribution in [-0.2, 0) is 4.79 Å². The highest BCUT2D eigenvalue weighted by Crippen LogP contribution is 2.27. The molecule has 0 heterocycles. The normalized spacial score (nSPS) is 11.5. The minimum Gasteiger partial charge on any atom is -0.278 e. The largest absolute Gasteiger partial charge is 0.278 e. The van der Waals surface area contributed by atoms with Gasteiger partial charge in [0.05, 0.1) is 0 Å². The van der Waals surface area contributed by atoms with Gasteiger partial charge in [0.1, 0.15) is 0 Å². The second-order valence-electron chi connectivity index (χ2n) is 1.33. The molecule has 0 N–H and O–H groups in total. The molecule has 0 unspecified atom stereocenters. The first kappa shape index (κ1) is 8.54. The van der Waals surface area contributed by atoms with Crippen LogP contribution >= 0.6 is 34.8 Å². The summed E-state index contributed by atoms with van der Waals surface area (Å²) >= 11 is 15.6. The Bertz CT molecular complexity index is 99.5. The maximum Gasteiger partial charge on any atom is 0.257 e. The lowest BCUT2D eigenvalue weighted by atomic mass is 10.3. The van der Waals surface area contributed by atoms with Crippen LogP contribution in [-0.4, -0.2) is 9.58 Å². The van der Waals surface area contributed by atoms with Crippen LogP contribution in [0.5, 0.6) is 0 Å². The molecule has 0 aliphatic carbocycles. The molecule has 0 atom stereocenters. The molecule has 0 spiro atoms. The van der Waals surface area contributed by atoms with Crippen molar-refractivity contribution in [3.63, 3.8) is 0 Å². The van der Waals surface area contributed by atoms with E-state index in [-0.39, 0.29) is 0 Å². The van der Waals surface area contributed by atoms with E-state index in [2.05, 4.69) is 0 Å². The molecular weight excluding hydrogens is 170 g/mol. The summed E-state index contributed by atoms with van der Waals surface area (Å²) in [7, 11) is 0. The number of hydrogen-bond acceptors (Lipinski definition) is 1. The summed E-state index contributed by atoms with van der Waals surface area (Å²) in [5.41, 5.74) is 0. The molecule has 0 aliphatic rings. The summed E-state index contributed by atoms with van der Waals surface area (Å²) in [4.78, 5) is 10.2. The van der Waals surface area contributed by atoms with Crippen molar-refractivity contribution in [3.05, 3.63) is 0 Å². The highest BCUT2D eigenvalue weighted by Gasteiger charge is 2.29. The molecule has 0 radical (unpaired) electrons. The Kier molecular flexibility index (Phi) is 3.10. The zero-order valence-corrected chi connectivity index (χ0v) is 6.52. The lowest BCUT2D eigenvalue weighted by molar-refractivity contribution is -0.112. The van der Waals surface area contributed by atoms with Gasteiger partial charge in [-0.1, -0.05) is 30.1 Å². The van der Waals surface area contributed by atoms with E-state index in [1.54, 1.807) is 6.92 Å². The summed E-state index contributed by atoms with van der Waals surface area (Å²) in [6, 6.07) is 0.